The summed E-state index contributed by atoms with van der Waals surface area (Å²) in [6.07, 6.45) is 12.6. The number of fused-ring (bicyclic) bond motifs is 2. The second-order valence-electron chi connectivity index (χ2n) is 9.11. The lowest BCUT2D eigenvalue weighted by atomic mass is 9.85. The minimum Gasteiger partial charge on any atom is -0.351 e. The molecule has 1 aliphatic heterocycles. The van der Waals surface area contributed by atoms with Crippen molar-refractivity contribution >= 4 is 28.5 Å². The number of likely N-dealkylation sites (tertiary alicyclic amines) is 1. The van der Waals surface area contributed by atoms with Crippen LogP contribution in [-0.4, -0.2) is 54.3 Å². The predicted molar refractivity (Wildman–Crippen MR) is 123 cm³/mol. The third-order valence-electron chi connectivity index (χ3n) is 7.03. The molecule has 1 aliphatic carbocycles. The van der Waals surface area contributed by atoms with E-state index in [1.165, 1.54) is 10.6 Å². The van der Waals surface area contributed by atoms with Crippen LogP contribution < -0.4 is 5.32 Å². The summed E-state index contributed by atoms with van der Waals surface area (Å²) < 4.78 is 15.4. The zero-order valence-corrected chi connectivity index (χ0v) is 18.3. The molecule has 4 aromatic rings. The number of imidazole rings is 1. The summed E-state index contributed by atoms with van der Waals surface area (Å²) >= 11 is 0. The Labute approximate surface area is 190 Å². The number of amides is 1. The van der Waals surface area contributed by atoms with Gasteiger partial charge in [0.15, 0.2) is 0 Å². The Kier molecular flexibility index (Phi) is 4.96. The number of nitrogens with zero attached hydrogens (tertiary/aromatic N) is 5. The molecular formula is C24H26FN7O. The van der Waals surface area contributed by atoms with Gasteiger partial charge < -0.3 is 15.2 Å². The van der Waals surface area contributed by atoms with Crippen LogP contribution in [0.1, 0.15) is 38.5 Å². The molecule has 33 heavy (non-hydrogen) atoms. The second-order valence-corrected chi connectivity index (χ2v) is 9.11. The number of aromatic amines is 1. The summed E-state index contributed by atoms with van der Waals surface area (Å²) in [5.41, 5.74) is 3.06. The SMILES string of the molecule is O=C([C@H]1CC[C@@H](Nc2ncc3c(-c4ccc5ncc(F)n5c4)c[nH]c3n2)CC1)N1CCCC1. The van der Waals surface area contributed by atoms with Gasteiger partial charge in [-0.1, -0.05) is 0 Å². The Morgan fingerprint density at radius 2 is 1.91 bits per heavy atom. The lowest BCUT2D eigenvalue weighted by molar-refractivity contribution is -0.135. The van der Waals surface area contributed by atoms with Crippen LogP contribution in [0.3, 0.4) is 0 Å². The van der Waals surface area contributed by atoms with Gasteiger partial charge in [0.2, 0.25) is 17.8 Å². The van der Waals surface area contributed by atoms with Gasteiger partial charge in [-0.05, 0) is 50.7 Å². The molecule has 0 unspecified atom stereocenters. The number of anilines is 1. The molecular weight excluding hydrogens is 421 g/mol. The molecule has 9 heteroatoms. The number of nitrogens with one attached hydrogen (secondary N) is 2. The van der Waals surface area contributed by atoms with Gasteiger partial charge in [0.1, 0.15) is 11.3 Å². The van der Waals surface area contributed by atoms with Crippen LogP contribution >= 0.6 is 0 Å². The van der Waals surface area contributed by atoms with Crippen LogP contribution in [0.2, 0.25) is 0 Å². The number of carbonyl (C=O) groups excluding carboxylic acids is 1. The Morgan fingerprint density at radius 1 is 1.09 bits per heavy atom. The van der Waals surface area contributed by atoms with Gasteiger partial charge in [-0.25, -0.2) is 9.97 Å². The highest BCUT2D eigenvalue weighted by Gasteiger charge is 2.30. The van der Waals surface area contributed by atoms with Crippen molar-refractivity contribution in [2.75, 3.05) is 18.4 Å². The molecule has 1 saturated carbocycles. The number of hydrogen-bond acceptors (Lipinski definition) is 5. The van der Waals surface area contributed by atoms with Gasteiger partial charge in [0.05, 0.1) is 6.20 Å². The predicted octanol–water partition coefficient (Wildman–Crippen LogP) is 4.00. The largest absolute Gasteiger partial charge is 0.351 e. The molecule has 2 aliphatic rings. The van der Waals surface area contributed by atoms with Crippen molar-refractivity contribution in [2.24, 2.45) is 5.92 Å². The van der Waals surface area contributed by atoms with Crippen LogP contribution in [-0.2, 0) is 4.79 Å². The van der Waals surface area contributed by atoms with Crippen molar-refractivity contribution in [1.29, 1.82) is 0 Å². The lowest BCUT2D eigenvalue weighted by Gasteiger charge is -2.30. The average Bonchev–Trinajstić information content (AvgIpc) is 3.59. The maximum absolute atomic E-state index is 13.9. The summed E-state index contributed by atoms with van der Waals surface area (Å²) in [4.78, 5) is 31.1. The molecule has 5 heterocycles. The Bertz CT molecular complexity index is 1320. The van der Waals surface area contributed by atoms with Gasteiger partial charge in [-0.3, -0.25) is 9.20 Å². The first-order chi connectivity index (χ1) is 16.2. The summed E-state index contributed by atoms with van der Waals surface area (Å²) in [5.74, 6) is 0.692. The van der Waals surface area contributed by atoms with Gasteiger partial charge in [-0.2, -0.15) is 9.37 Å². The zero-order chi connectivity index (χ0) is 22.4. The van der Waals surface area contributed by atoms with E-state index in [9.17, 15) is 9.18 Å². The van der Waals surface area contributed by atoms with Crippen LogP contribution in [0.4, 0.5) is 10.3 Å². The lowest BCUT2D eigenvalue weighted by Crippen LogP contribution is -2.37. The molecule has 2 N–H and O–H groups in total. The first-order valence-electron chi connectivity index (χ1n) is 11.7. The minimum atomic E-state index is -0.397. The Morgan fingerprint density at radius 3 is 2.73 bits per heavy atom. The smallest absolute Gasteiger partial charge is 0.225 e. The fraction of sp³-hybridized carbons (Fsp3) is 0.417. The first kappa shape index (κ1) is 20.1. The molecule has 170 valence electrons. The van der Waals surface area contributed by atoms with E-state index in [1.54, 1.807) is 18.5 Å². The molecule has 0 aromatic carbocycles. The molecule has 0 spiro atoms. The summed E-state index contributed by atoms with van der Waals surface area (Å²) in [6.45, 7) is 1.85. The Hall–Kier alpha value is -3.49. The van der Waals surface area contributed by atoms with Crippen molar-refractivity contribution in [3.05, 3.63) is 42.9 Å². The Balaban J connectivity index is 1.15. The minimum absolute atomic E-state index is 0.160. The van der Waals surface area contributed by atoms with E-state index in [0.29, 0.717) is 17.5 Å². The molecule has 6 rings (SSSR count). The fourth-order valence-electron chi connectivity index (χ4n) is 5.19. The third kappa shape index (κ3) is 3.71. The molecule has 1 amide bonds. The van der Waals surface area contributed by atoms with E-state index >= 15 is 0 Å². The van der Waals surface area contributed by atoms with Crippen LogP contribution in [0, 0.1) is 11.9 Å². The highest BCUT2D eigenvalue weighted by atomic mass is 19.1. The average molecular weight is 448 g/mol. The van der Waals surface area contributed by atoms with E-state index in [0.717, 1.165) is 73.8 Å². The quantitative estimate of drug-likeness (QED) is 0.493. The number of pyridine rings is 1. The highest BCUT2D eigenvalue weighted by Crippen LogP contribution is 2.31. The molecule has 8 nitrogen and oxygen atoms in total. The van der Waals surface area contributed by atoms with Crippen molar-refractivity contribution in [3.8, 4) is 11.1 Å². The number of hydrogen-bond donors (Lipinski definition) is 2. The van der Waals surface area contributed by atoms with Crippen molar-refractivity contribution in [1.82, 2.24) is 29.2 Å². The van der Waals surface area contributed by atoms with E-state index in [4.69, 9.17) is 0 Å². The molecule has 4 aromatic heterocycles. The molecule has 0 radical (unpaired) electrons. The topological polar surface area (TPSA) is 91.2 Å². The fourth-order valence-corrected chi connectivity index (χ4v) is 5.19. The van der Waals surface area contributed by atoms with E-state index in [1.807, 2.05) is 17.2 Å². The van der Waals surface area contributed by atoms with E-state index < -0.39 is 5.95 Å². The normalized spacial score (nSPS) is 21.2. The highest BCUT2D eigenvalue weighted by molar-refractivity contribution is 5.93. The maximum Gasteiger partial charge on any atom is 0.225 e. The number of carbonyl (C=O) groups is 1. The number of aromatic nitrogens is 5. The maximum atomic E-state index is 13.9. The summed E-state index contributed by atoms with van der Waals surface area (Å²) in [5, 5.41) is 4.33. The van der Waals surface area contributed by atoms with E-state index in [2.05, 4.69) is 25.3 Å². The first-order valence-corrected chi connectivity index (χ1v) is 11.7. The van der Waals surface area contributed by atoms with Crippen LogP contribution in [0.5, 0.6) is 0 Å². The van der Waals surface area contributed by atoms with Crippen molar-refractivity contribution < 1.29 is 9.18 Å². The van der Waals surface area contributed by atoms with Gasteiger partial charge in [-0.15, -0.1) is 0 Å². The second kappa shape index (κ2) is 8.13. The van der Waals surface area contributed by atoms with Crippen molar-refractivity contribution in [2.45, 2.75) is 44.6 Å². The molecule has 0 atom stereocenters. The van der Waals surface area contributed by atoms with Gasteiger partial charge in [0.25, 0.3) is 0 Å². The molecule has 1 saturated heterocycles. The molecule has 0 bridgehead atoms. The van der Waals surface area contributed by atoms with Crippen LogP contribution in [0.25, 0.3) is 27.8 Å². The number of halogens is 1. The van der Waals surface area contributed by atoms with Gasteiger partial charge in [0, 0.05) is 60.2 Å². The van der Waals surface area contributed by atoms with Gasteiger partial charge >= 0.3 is 0 Å². The van der Waals surface area contributed by atoms with Crippen LogP contribution in [0.15, 0.2) is 36.9 Å². The number of H-pyrrole nitrogens is 1. The van der Waals surface area contributed by atoms with Crippen molar-refractivity contribution in [3.63, 3.8) is 0 Å². The summed E-state index contributed by atoms with van der Waals surface area (Å²) in [7, 11) is 0. The zero-order valence-electron chi connectivity index (χ0n) is 18.3. The number of rotatable bonds is 4. The summed E-state index contributed by atoms with van der Waals surface area (Å²) in [6, 6.07) is 3.98. The molecule has 2 fully saturated rings. The third-order valence-corrected chi connectivity index (χ3v) is 7.03. The standard InChI is InChI=1S/C24H26FN7O/c25-20-13-26-21-8-5-16(14-32(20)21)18-11-27-22-19(18)12-28-24(30-22)29-17-6-3-15(4-7-17)23(33)31-9-1-2-10-31/h5,8,11-15,17H,1-4,6-7,9-10H2,(H2,27,28,29,30)/t15-,17+. The monoisotopic (exact) mass is 447 g/mol. The van der Waals surface area contributed by atoms with E-state index in [-0.39, 0.29) is 12.0 Å².